The number of piperazine rings is 1. The second-order valence-corrected chi connectivity index (χ2v) is 6.85. The van der Waals surface area contributed by atoms with Gasteiger partial charge in [0.15, 0.2) is 6.61 Å². The van der Waals surface area contributed by atoms with Gasteiger partial charge in [-0.1, -0.05) is 12.1 Å². The Morgan fingerprint density at radius 2 is 2.08 bits per heavy atom. The molecule has 2 heterocycles. The summed E-state index contributed by atoms with van der Waals surface area (Å²) in [6.45, 7) is 5.84. The molecule has 2 saturated heterocycles. The van der Waals surface area contributed by atoms with Gasteiger partial charge in [0.05, 0.1) is 6.42 Å². The van der Waals surface area contributed by atoms with Crippen molar-refractivity contribution in [3.8, 4) is 5.75 Å². The average molecular weight is 360 g/mol. The molecule has 0 saturated carbocycles. The molecule has 26 heavy (non-hydrogen) atoms. The van der Waals surface area contributed by atoms with E-state index in [0.29, 0.717) is 18.2 Å². The van der Waals surface area contributed by atoms with Crippen molar-refractivity contribution in [1.29, 1.82) is 0 Å². The number of rotatable bonds is 6. The third-order valence-electron chi connectivity index (χ3n) is 5.09. The summed E-state index contributed by atoms with van der Waals surface area (Å²) in [4.78, 5) is 28.4. The Morgan fingerprint density at radius 3 is 2.85 bits per heavy atom. The van der Waals surface area contributed by atoms with Crippen LogP contribution >= 0.6 is 0 Å². The third-order valence-corrected chi connectivity index (χ3v) is 5.09. The maximum atomic E-state index is 12.7. The van der Waals surface area contributed by atoms with E-state index >= 15 is 0 Å². The minimum Gasteiger partial charge on any atom is -0.484 e. The molecule has 2 aliphatic heterocycles. The molecular formula is C19H28N4O3. The molecule has 142 valence electrons. The first kappa shape index (κ1) is 18.7. The van der Waals surface area contributed by atoms with Gasteiger partial charge in [0.25, 0.3) is 5.91 Å². The molecule has 1 atom stereocenters. The fraction of sp³-hybridized carbons (Fsp3) is 0.579. The van der Waals surface area contributed by atoms with Gasteiger partial charge in [0, 0.05) is 52.4 Å². The van der Waals surface area contributed by atoms with Gasteiger partial charge in [-0.05, 0) is 24.1 Å². The second kappa shape index (κ2) is 9.00. The lowest BCUT2D eigenvalue weighted by molar-refractivity contribution is -0.129. The zero-order valence-electron chi connectivity index (χ0n) is 15.4. The molecule has 7 nitrogen and oxygen atoms in total. The maximum Gasteiger partial charge on any atom is 0.257 e. The van der Waals surface area contributed by atoms with Crippen LogP contribution in [0.2, 0.25) is 0 Å². The van der Waals surface area contributed by atoms with E-state index in [9.17, 15) is 9.59 Å². The Labute approximate surface area is 154 Å². The van der Waals surface area contributed by atoms with Gasteiger partial charge in [-0.25, -0.2) is 0 Å². The van der Waals surface area contributed by atoms with Crippen molar-refractivity contribution in [2.75, 3.05) is 52.9 Å². The summed E-state index contributed by atoms with van der Waals surface area (Å²) in [5.74, 6) is 0.590. The van der Waals surface area contributed by atoms with Crippen molar-refractivity contribution in [3.63, 3.8) is 0 Å². The van der Waals surface area contributed by atoms with E-state index in [2.05, 4.69) is 15.5 Å². The normalized spacial score (nSPS) is 20.8. The molecule has 0 aliphatic carbocycles. The number of benzene rings is 1. The van der Waals surface area contributed by atoms with Crippen LogP contribution in [0.5, 0.6) is 5.75 Å². The number of amides is 2. The van der Waals surface area contributed by atoms with E-state index in [4.69, 9.17) is 4.74 Å². The van der Waals surface area contributed by atoms with Crippen LogP contribution in [-0.2, 0) is 16.0 Å². The van der Waals surface area contributed by atoms with Crippen molar-refractivity contribution in [3.05, 3.63) is 29.8 Å². The average Bonchev–Trinajstić information content (AvgIpc) is 3.17. The minimum atomic E-state index is -0.178. The highest BCUT2D eigenvalue weighted by atomic mass is 16.5. The predicted molar refractivity (Wildman–Crippen MR) is 99.1 cm³/mol. The largest absolute Gasteiger partial charge is 0.484 e. The molecule has 0 aromatic heterocycles. The maximum absolute atomic E-state index is 12.7. The monoisotopic (exact) mass is 360 g/mol. The number of nitrogens with zero attached hydrogens (tertiary/aromatic N) is 2. The minimum absolute atomic E-state index is 0.0214. The van der Waals surface area contributed by atoms with Gasteiger partial charge in [-0.3, -0.25) is 14.5 Å². The number of hydrogen-bond donors (Lipinski definition) is 2. The summed E-state index contributed by atoms with van der Waals surface area (Å²) < 4.78 is 5.45. The second-order valence-electron chi connectivity index (χ2n) is 6.85. The van der Waals surface area contributed by atoms with Crippen LogP contribution in [0.1, 0.15) is 12.0 Å². The lowest BCUT2D eigenvalue weighted by atomic mass is 10.1. The third kappa shape index (κ3) is 4.95. The highest BCUT2D eigenvalue weighted by Gasteiger charge is 2.30. The van der Waals surface area contributed by atoms with Crippen LogP contribution in [0.25, 0.3) is 0 Å². The lowest BCUT2D eigenvalue weighted by Crippen LogP contribution is -2.49. The van der Waals surface area contributed by atoms with Crippen LogP contribution in [0, 0.1) is 0 Å². The Morgan fingerprint density at radius 1 is 1.27 bits per heavy atom. The van der Waals surface area contributed by atoms with E-state index < -0.39 is 0 Å². The zero-order valence-corrected chi connectivity index (χ0v) is 15.4. The van der Waals surface area contributed by atoms with Gasteiger partial charge >= 0.3 is 0 Å². The van der Waals surface area contributed by atoms with Crippen molar-refractivity contribution < 1.29 is 14.3 Å². The molecular weight excluding hydrogens is 332 g/mol. The van der Waals surface area contributed by atoms with Gasteiger partial charge in [0.1, 0.15) is 5.75 Å². The summed E-state index contributed by atoms with van der Waals surface area (Å²) in [6, 6.07) is 7.91. The summed E-state index contributed by atoms with van der Waals surface area (Å²) >= 11 is 0. The molecule has 2 amide bonds. The highest BCUT2D eigenvalue weighted by molar-refractivity contribution is 5.79. The molecule has 3 rings (SSSR count). The van der Waals surface area contributed by atoms with E-state index in [1.807, 2.05) is 23.1 Å². The summed E-state index contributed by atoms with van der Waals surface area (Å²) in [5.41, 5.74) is 0.912. The number of hydrogen-bond acceptors (Lipinski definition) is 5. The Balaban J connectivity index is 1.51. The van der Waals surface area contributed by atoms with E-state index in [1.165, 1.54) is 0 Å². The molecule has 0 radical (unpaired) electrons. The molecule has 0 bridgehead atoms. The first-order valence-corrected chi connectivity index (χ1v) is 9.30. The number of nitrogens with one attached hydrogen (secondary N) is 2. The molecule has 1 aromatic carbocycles. The summed E-state index contributed by atoms with van der Waals surface area (Å²) in [6.07, 6.45) is 1.42. The van der Waals surface area contributed by atoms with Crippen molar-refractivity contribution in [1.82, 2.24) is 20.4 Å². The summed E-state index contributed by atoms with van der Waals surface area (Å²) in [7, 11) is 1.57. The van der Waals surface area contributed by atoms with Crippen LogP contribution in [-0.4, -0.2) is 80.6 Å². The quantitative estimate of drug-likeness (QED) is 0.739. The van der Waals surface area contributed by atoms with E-state index in [-0.39, 0.29) is 18.4 Å². The van der Waals surface area contributed by atoms with Crippen molar-refractivity contribution in [2.45, 2.75) is 18.9 Å². The Hall–Kier alpha value is -2.12. The van der Waals surface area contributed by atoms with Crippen molar-refractivity contribution >= 4 is 11.8 Å². The van der Waals surface area contributed by atoms with Gasteiger partial charge in [0.2, 0.25) is 5.91 Å². The van der Waals surface area contributed by atoms with Crippen LogP contribution in [0.3, 0.4) is 0 Å². The van der Waals surface area contributed by atoms with Gasteiger partial charge in [-0.2, -0.15) is 0 Å². The number of ether oxygens (including phenoxy) is 1. The summed E-state index contributed by atoms with van der Waals surface area (Å²) in [5, 5.41) is 5.89. The molecule has 2 fully saturated rings. The molecule has 0 spiro atoms. The molecule has 1 unspecified atom stereocenters. The van der Waals surface area contributed by atoms with Crippen LogP contribution in [0.15, 0.2) is 24.3 Å². The fourth-order valence-corrected chi connectivity index (χ4v) is 3.57. The lowest BCUT2D eigenvalue weighted by Gasteiger charge is -2.32. The topological polar surface area (TPSA) is 73.9 Å². The Kier molecular flexibility index (Phi) is 6.46. The van der Waals surface area contributed by atoms with Crippen LogP contribution in [0.4, 0.5) is 0 Å². The number of likely N-dealkylation sites (tertiary alicyclic amines) is 1. The highest BCUT2D eigenvalue weighted by Crippen LogP contribution is 2.19. The van der Waals surface area contributed by atoms with E-state index in [1.54, 1.807) is 13.1 Å². The van der Waals surface area contributed by atoms with E-state index in [0.717, 1.165) is 51.3 Å². The van der Waals surface area contributed by atoms with Gasteiger partial charge < -0.3 is 20.3 Å². The number of carbonyl (C=O) groups is 2. The molecule has 7 heteroatoms. The molecule has 2 aliphatic rings. The first-order valence-electron chi connectivity index (χ1n) is 9.30. The molecule has 1 aromatic rings. The Bertz CT molecular complexity index is 631. The number of carbonyl (C=O) groups excluding carboxylic acids is 2. The fourth-order valence-electron chi connectivity index (χ4n) is 3.57. The van der Waals surface area contributed by atoms with Crippen molar-refractivity contribution in [2.24, 2.45) is 0 Å². The van der Waals surface area contributed by atoms with Gasteiger partial charge in [-0.15, -0.1) is 0 Å². The predicted octanol–water partition coefficient (Wildman–Crippen LogP) is -0.140. The number of likely N-dealkylation sites (N-methyl/N-ethyl adjacent to an activating group) is 1. The van der Waals surface area contributed by atoms with Crippen LogP contribution < -0.4 is 15.4 Å². The smallest absolute Gasteiger partial charge is 0.257 e. The molecule has 2 N–H and O–H groups in total. The first-order chi connectivity index (χ1) is 12.7. The SMILES string of the molecule is CNC(=O)COc1cccc(CC(=O)N2CCC(N3CCNCC3)C2)c1. The standard InChI is InChI=1S/C19H28N4O3/c1-20-18(24)14-26-17-4-2-3-15(11-17)12-19(25)23-8-5-16(13-23)22-9-6-21-7-10-22/h2-4,11,16,21H,5-10,12-14H2,1H3,(H,20,24). The zero-order chi connectivity index (χ0) is 18.4.